The van der Waals surface area contributed by atoms with Gasteiger partial charge >= 0.3 is 6.09 Å². The normalized spacial score (nSPS) is 22.2. The van der Waals surface area contributed by atoms with Crippen molar-refractivity contribution in [3.05, 3.63) is 35.7 Å². The van der Waals surface area contributed by atoms with Crippen molar-refractivity contribution in [3.8, 4) is 11.3 Å². The minimum Gasteiger partial charge on any atom is -0.388 e. The average Bonchev–Trinajstić information content (AvgIpc) is 3.22. The molecule has 1 amide bonds. The molecule has 3 heterocycles. The molecule has 2 aliphatic rings. The number of nitrogens with two attached hydrogens (primary N) is 1. The Balaban J connectivity index is 1.71. The van der Waals surface area contributed by atoms with Gasteiger partial charge < -0.3 is 24.7 Å². The van der Waals surface area contributed by atoms with Crippen molar-refractivity contribution >= 4 is 29.1 Å². The highest BCUT2D eigenvalue weighted by Crippen LogP contribution is 2.36. The number of rotatable bonds is 5. The third-order valence-electron chi connectivity index (χ3n) is 7.48. The standard InChI is InChI=1S/C27H35N7O3/c1-16-7-9-19(10-8-16)14-34-22-21(20-6-4-5-17(2)13-20)30-25(23(28)37-26(29)35)31-24(22)32-27(34)33-11-12-36-15-18(33)3/h4-6,13,16,18-19,28H,7-12,14-15H2,1-3H3,(H2,29,35). The molecule has 1 aliphatic heterocycles. The Morgan fingerprint density at radius 2 is 1.97 bits per heavy atom. The lowest BCUT2D eigenvalue weighted by Gasteiger charge is -2.35. The van der Waals surface area contributed by atoms with Crippen LogP contribution in [0.25, 0.3) is 22.4 Å². The van der Waals surface area contributed by atoms with Crippen molar-refractivity contribution in [3.63, 3.8) is 0 Å². The molecule has 1 saturated heterocycles. The summed E-state index contributed by atoms with van der Waals surface area (Å²) in [6.45, 7) is 9.31. The molecular formula is C27H35N7O3. The van der Waals surface area contributed by atoms with Crippen molar-refractivity contribution in [1.29, 1.82) is 5.41 Å². The van der Waals surface area contributed by atoms with Gasteiger partial charge in [0.2, 0.25) is 11.8 Å². The Kier molecular flexibility index (Phi) is 7.10. The molecule has 1 aliphatic carbocycles. The van der Waals surface area contributed by atoms with Gasteiger partial charge in [-0.25, -0.2) is 14.8 Å². The van der Waals surface area contributed by atoms with E-state index in [1.807, 2.05) is 25.1 Å². The van der Waals surface area contributed by atoms with E-state index in [9.17, 15) is 4.79 Å². The number of anilines is 1. The summed E-state index contributed by atoms with van der Waals surface area (Å²) in [6.07, 6.45) is 3.73. The maximum absolute atomic E-state index is 11.4. The van der Waals surface area contributed by atoms with Crippen LogP contribution in [0.15, 0.2) is 24.3 Å². The van der Waals surface area contributed by atoms with Crippen LogP contribution in [-0.2, 0) is 16.0 Å². The number of primary amides is 1. The highest BCUT2D eigenvalue weighted by atomic mass is 16.6. The third-order valence-corrected chi connectivity index (χ3v) is 7.48. The molecule has 0 radical (unpaired) electrons. The second-order valence-electron chi connectivity index (χ2n) is 10.5. The Morgan fingerprint density at radius 1 is 1.19 bits per heavy atom. The van der Waals surface area contributed by atoms with Crippen LogP contribution < -0.4 is 10.6 Å². The van der Waals surface area contributed by atoms with E-state index >= 15 is 0 Å². The Bertz CT molecular complexity index is 1310. The van der Waals surface area contributed by atoms with Crippen LogP contribution in [0.1, 0.15) is 50.9 Å². The molecule has 1 atom stereocenters. The molecule has 1 unspecified atom stereocenters. The van der Waals surface area contributed by atoms with E-state index in [-0.39, 0.29) is 11.9 Å². The zero-order chi connectivity index (χ0) is 26.1. The monoisotopic (exact) mass is 505 g/mol. The van der Waals surface area contributed by atoms with Crippen LogP contribution in [0.5, 0.6) is 0 Å². The SMILES string of the molecule is Cc1cccc(-c2nc(C(=N)OC(N)=O)nc3nc(N4CCOCC4C)n(CC4CCC(C)CC4)c23)c1. The molecule has 0 spiro atoms. The van der Waals surface area contributed by atoms with E-state index in [0.29, 0.717) is 30.5 Å². The highest BCUT2D eigenvalue weighted by Gasteiger charge is 2.30. The van der Waals surface area contributed by atoms with Crippen LogP contribution in [0, 0.1) is 24.2 Å². The summed E-state index contributed by atoms with van der Waals surface area (Å²) in [7, 11) is 0. The van der Waals surface area contributed by atoms with Gasteiger partial charge in [0, 0.05) is 18.7 Å². The average molecular weight is 506 g/mol. The summed E-state index contributed by atoms with van der Waals surface area (Å²) in [5.41, 5.74) is 9.10. The summed E-state index contributed by atoms with van der Waals surface area (Å²) >= 11 is 0. The number of amides is 1. The van der Waals surface area contributed by atoms with Gasteiger partial charge in [0.25, 0.3) is 5.90 Å². The van der Waals surface area contributed by atoms with Crippen molar-refractivity contribution in [2.24, 2.45) is 17.6 Å². The molecule has 37 heavy (non-hydrogen) atoms. The summed E-state index contributed by atoms with van der Waals surface area (Å²) < 4.78 is 12.8. The number of morpholine rings is 1. The van der Waals surface area contributed by atoms with E-state index in [4.69, 9.17) is 30.6 Å². The van der Waals surface area contributed by atoms with E-state index in [2.05, 4.69) is 34.4 Å². The van der Waals surface area contributed by atoms with Crippen molar-refractivity contribution < 1.29 is 14.3 Å². The van der Waals surface area contributed by atoms with E-state index in [1.165, 1.54) is 25.7 Å². The quantitative estimate of drug-likeness (QED) is 0.391. The van der Waals surface area contributed by atoms with E-state index < -0.39 is 12.0 Å². The second kappa shape index (κ2) is 10.5. The van der Waals surface area contributed by atoms with Crippen LogP contribution in [0.2, 0.25) is 0 Å². The fourth-order valence-electron chi connectivity index (χ4n) is 5.45. The van der Waals surface area contributed by atoms with Gasteiger partial charge in [-0.2, -0.15) is 4.98 Å². The predicted octanol–water partition coefficient (Wildman–Crippen LogP) is 4.27. The third kappa shape index (κ3) is 5.29. The van der Waals surface area contributed by atoms with Gasteiger partial charge in [0.15, 0.2) is 5.65 Å². The molecule has 2 aromatic heterocycles. The van der Waals surface area contributed by atoms with Crippen LogP contribution >= 0.6 is 0 Å². The van der Waals surface area contributed by atoms with Gasteiger partial charge in [-0.05, 0) is 44.6 Å². The molecule has 10 nitrogen and oxygen atoms in total. The lowest BCUT2D eigenvalue weighted by atomic mass is 9.83. The minimum absolute atomic E-state index is 0.0273. The molecule has 10 heteroatoms. The minimum atomic E-state index is -1.08. The Labute approximate surface area is 216 Å². The second-order valence-corrected chi connectivity index (χ2v) is 10.5. The first-order chi connectivity index (χ1) is 17.8. The first kappa shape index (κ1) is 25.1. The maximum atomic E-state index is 11.4. The van der Waals surface area contributed by atoms with Gasteiger partial charge in [0.05, 0.1) is 19.3 Å². The zero-order valence-electron chi connectivity index (χ0n) is 21.7. The molecule has 5 rings (SSSR count). The van der Waals surface area contributed by atoms with Crippen molar-refractivity contribution in [2.75, 3.05) is 24.7 Å². The number of aryl methyl sites for hydroxylation is 1. The van der Waals surface area contributed by atoms with E-state index in [0.717, 1.165) is 41.6 Å². The number of carbonyl (C=O) groups is 1. The smallest absolute Gasteiger partial charge is 0.388 e. The molecule has 2 fully saturated rings. The number of aromatic nitrogens is 4. The van der Waals surface area contributed by atoms with Crippen LogP contribution in [0.4, 0.5) is 10.7 Å². The molecule has 3 N–H and O–H groups in total. The number of benzene rings is 1. The fourth-order valence-corrected chi connectivity index (χ4v) is 5.45. The number of nitrogens with one attached hydrogen (secondary N) is 1. The molecule has 1 saturated carbocycles. The number of imidazole rings is 1. The first-order valence-electron chi connectivity index (χ1n) is 13.1. The zero-order valence-corrected chi connectivity index (χ0v) is 21.7. The lowest BCUT2D eigenvalue weighted by molar-refractivity contribution is 0.0976. The Morgan fingerprint density at radius 3 is 2.68 bits per heavy atom. The molecule has 196 valence electrons. The summed E-state index contributed by atoms with van der Waals surface area (Å²) in [4.78, 5) is 28.0. The van der Waals surface area contributed by atoms with Gasteiger partial charge in [0.1, 0.15) is 11.2 Å². The lowest BCUT2D eigenvalue weighted by Crippen LogP contribution is -2.45. The predicted molar refractivity (Wildman–Crippen MR) is 142 cm³/mol. The van der Waals surface area contributed by atoms with Gasteiger partial charge in [-0.1, -0.05) is 43.5 Å². The molecule has 1 aromatic carbocycles. The number of nitrogens with zero attached hydrogens (tertiary/aromatic N) is 5. The highest BCUT2D eigenvalue weighted by molar-refractivity contribution is 5.98. The topological polar surface area (TPSA) is 132 Å². The maximum Gasteiger partial charge on any atom is 0.411 e. The number of hydrogen-bond acceptors (Lipinski definition) is 8. The number of carbonyl (C=O) groups excluding carboxylic acids is 1. The van der Waals surface area contributed by atoms with Crippen LogP contribution in [0.3, 0.4) is 0 Å². The summed E-state index contributed by atoms with van der Waals surface area (Å²) in [5, 5.41) is 8.24. The van der Waals surface area contributed by atoms with Crippen molar-refractivity contribution in [2.45, 2.75) is 59.0 Å². The summed E-state index contributed by atoms with van der Waals surface area (Å²) in [5.74, 6) is 1.61. The van der Waals surface area contributed by atoms with Crippen molar-refractivity contribution in [1.82, 2.24) is 19.5 Å². The van der Waals surface area contributed by atoms with E-state index in [1.54, 1.807) is 0 Å². The molecular weight excluding hydrogens is 470 g/mol. The molecule has 0 bridgehead atoms. The fraction of sp³-hybridized carbons (Fsp3) is 0.519. The summed E-state index contributed by atoms with van der Waals surface area (Å²) in [6, 6.07) is 8.22. The van der Waals surface area contributed by atoms with Crippen LogP contribution in [-0.4, -0.2) is 57.3 Å². The number of fused-ring (bicyclic) bond motifs is 1. The number of ether oxygens (including phenoxy) is 2. The largest absolute Gasteiger partial charge is 0.411 e. The molecule has 3 aromatic rings. The number of hydrogen-bond donors (Lipinski definition) is 2. The first-order valence-corrected chi connectivity index (χ1v) is 13.1. The van der Waals surface area contributed by atoms with Gasteiger partial charge in [-0.15, -0.1) is 0 Å². The Hall–Kier alpha value is -3.53. The van der Waals surface area contributed by atoms with Gasteiger partial charge in [-0.3, -0.25) is 5.41 Å².